The molecule has 30 heavy (non-hydrogen) atoms. The Labute approximate surface area is 199 Å². The molecule has 0 aromatic carbocycles. The molecule has 2 saturated heterocycles. The van der Waals surface area contributed by atoms with Crippen molar-refractivity contribution < 1.29 is 4.74 Å². The lowest BCUT2D eigenvalue weighted by Crippen LogP contribution is -2.48. The molecule has 0 radical (unpaired) electrons. The molecule has 2 aliphatic rings. The van der Waals surface area contributed by atoms with E-state index < -0.39 is 0 Å². The van der Waals surface area contributed by atoms with Gasteiger partial charge < -0.3 is 19.9 Å². The van der Waals surface area contributed by atoms with Gasteiger partial charge in [-0.1, -0.05) is 13.8 Å². The number of guanidine groups is 1. The van der Waals surface area contributed by atoms with Crippen molar-refractivity contribution in [2.45, 2.75) is 46.1 Å². The second-order valence-electron chi connectivity index (χ2n) is 8.90. The minimum Gasteiger partial charge on any atom is -0.370 e. The van der Waals surface area contributed by atoms with Gasteiger partial charge >= 0.3 is 0 Å². The van der Waals surface area contributed by atoms with Crippen LogP contribution in [-0.2, 0) is 11.8 Å². The van der Waals surface area contributed by atoms with Gasteiger partial charge in [0.1, 0.15) is 6.10 Å². The Hall–Kier alpha value is -0.870. The van der Waals surface area contributed by atoms with Gasteiger partial charge in [-0.05, 0) is 44.6 Å². The quantitative estimate of drug-likeness (QED) is 0.253. The molecule has 0 saturated carbocycles. The Morgan fingerprint density at radius 2 is 2.00 bits per heavy atom. The molecular weight excluding hydrogens is 491 g/mol. The van der Waals surface area contributed by atoms with E-state index in [0.29, 0.717) is 0 Å². The van der Waals surface area contributed by atoms with Crippen molar-refractivity contribution in [3.63, 3.8) is 0 Å². The SMILES string of the molecule is CCNC(=NCCCCN1CC(C)CC(C)C1)N1CCOC(c2cnn(C)c2)C1.I. The summed E-state index contributed by atoms with van der Waals surface area (Å²) in [4.78, 5) is 9.90. The zero-order valence-electron chi connectivity index (χ0n) is 19.2. The molecule has 172 valence electrons. The van der Waals surface area contributed by atoms with Crippen LogP contribution in [0.5, 0.6) is 0 Å². The average molecular weight is 533 g/mol. The molecule has 2 fully saturated rings. The van der Waals surface area contributed by atoms with Crippen LogP contribution in [0, 0.1) is 11.8 Å². The Morgan fingerprint density at radius 1 is 1.23 bits per heavy atom. The van der Waals surface area contributed by atoms with Crippen LogP contribution in [0.3, 0.4) is 0 Å². The molecule has 0 amide bonds. The molecule has 3 rings (SSSR count). The molecule has 1 aromatic heterocycles. The van der Waals surface area contributed by atoms with Gasteiger partial charge in [-0.25, -0.2) is 0 Å². The summed E-state index contributed by atoms with van der Waals surface area (Å²) in [6.07, 6.45) is 7.76. The number of ether oxygens (including phenoxy) is 1. The van der Waals surface area contributed by atoms with Crippen molar-refractivity contribution >= 4 is 29.9 Å². The fourth-order valence-corrected chi connectivity index (χ4v) is 4.68. The molecule has 2 aliphatic heterocycles. The third-order valence-corrected chi connectivity index (χ3v) is 5.89. The number of piperidine rings is 1. The third kappa shape index (κ3) is 7.67. The average Bonchev–Trinajstić information content (AvgIpc) is 3.13. The minimum atomic E-state index is 0. The summed E-state index contributed by atoms with van der Waals surface area (Å²) in [5.74, 6) is 2.70. The zero-order valence-corrected chi connectivity index (χ0v) is 21.5. The maximum Gasteiger partial charge on any atom is 0.194 e. The van der Waals surface area contributed by atoms with Gasteiger partial charge in [0.15, 0.2) is 5.96 Å². The van der Waals surface area contributed by atoms with E-state index in [0.717, 1.165) is 62.6 Å². The molecule has 3 unspecified atom stereocenters. The number of hydrogen-bond donors (Lipinski definition) is 1. The van der Waals surface area contributed by atoms with Gasteiger partial charge in [-0.3, -0.25) is 9.67 Å². The van der Waals surface area contributed by atoms with Gasteiger partial charge in [0.25, 0.3) is 0 Å². The molecule has 1 N–H and O–H groups in total. The number of morpholine rings is 1. The van der Waals surface area contributed by atoms with Gasteiger partial charge in [-0.15, -0.1) is 24.0 Å². The smallest absolute Gasteiger partial charge is 0.194 e. The molecule has 8 heteroatoms. The Kier molecular flexibility index (Phi) is 10.9. The van der Waals surface area contributed by atoms with Gasteiger partial charge in [0.2, 0.25) is 0 Å². The molecule has 7 nitrogen and oxygen atoms in total. The first-order valence-electron chi connectivity index (χ1n) is 11.4. The summed E-state index contributed by atoms with van der Waals surface area (Å²) in [5, 5.41) is 7.75. The van der Waals surface area contributed by atoms with Crippen LogP contribution in [0.1, 0.15) is 51.7 Å². The number of aromatic nitrogens is 2. The largest absolute Gasteiger partial charge is 0.370 e. The van der Waals surface area contributed by atoms with Crippen LogP contribution >= 0.6 is 24.0 Å². The summed E-state index contributed by atoms with van der Waals surface area (Å²) in [6, 6.07) is 0. The highest BCUT2D eigenvalue weighted by molar-refractivity contribution is 14.0. The summed E-state index contributed by atoms with van der Waals surface area (Å²) >= 11 is 0. The zero-order chi connectivity index (χ0) is 20.6. The Bertz CT molecular complexity index is 641. The molecule has 0 spiro atoms. The monoisotopic (exact) mass is 532 g/mol. The van der Waals surface area contributed by atoms with Crippen molar-refractivity contribution in [1.82, 2.24) is 24.9 Å². The molecule has 3 heterocycles. The highest BCUT2D eigenvalue weighted by Gasteiger charge is 2.25. The van der Waals surface area contributed by atoms with E-state index in [4.69, 9.17) is 9.73 Å². The second kappa shape index (κ2) is 12.9. The Balaban J connectivity index is 0.00000320. The molecule has 0 bridgehead atoms. The van der Waals surface area contributed by atoms with Crippen LogP contribution < -0.4 is 5.32 Å². The van der Waals surface area contributed by atoms with Crippen molar-refractivity contribution in [2.24, 2.45) is 23.9 Å². The van der Waals surface area contributed by atoms with Crippen molar-refractivity contribution in [1.29, 1.82) is 0 Å². The number of unbranched alkanes of at least 4 members (excludes halogenated alkanes) is 1. The number of nitrogens with zero attached hydrogens (tertiary/aromatic N) is 5. The lowest BCUT2D eigenvalue weighted by molar-refractivity contribution is -0.00804. The van der Waals surface area contributed by atoms with Crippen LogP contribution in [0.2, 0.25) is 0 Å². The molecule has 0 aliphatic carbocycles. The summed E-state index contributed by atoms with van der Waals surface area (Å²) in [5.41, 5.74) is 1.14. The van der Waals surface area contributed by atoms with Gasteiger partial charge in [0, 0.05) is 51.5 Å². The number of nitrogens with one attached hydrogen (secondary N) is 1. The second-order valence-corrected chi connectivity index (χ2v) is 8.90. The maximum absolute atomic E-state index is 5.98. The lowest BCUT2D eigenvalue weighted by atomic mass is 9.92. The number of aliphatic imine (C=N–C) groups is 1. The third-order valence-electron chi connectivity index (χ3n) is 5.89. The number of aryl methyl sites for hydroxylation is 1. The summed E-state index contributed by atoms with van der Waals surface area (Å²) < 4.78 is 7.81. The first-order chi connectivity index (χ1) is 14.0. The predicted octanol–water partition coefficient (Wildman–Crippen LogP) is 3.14. The first-order valence-corrected chi connectivity index (χ1v) is 11.4. The van der Waals surface area contributed by atoms with Crippen molar-refractivity contribution in [3.05, 3.63) is 18.0 Å². The topological polar surface area (TPSA) is 57.9 Å². The van der Waals surface area contributed by atoms with Crippen molar-refractivity contribution in [2.75, 3.05) is 52.4 Å². The fraction of sp³-hybridized carbons (Fsp3) is 0.818. The van der Waals surface area contributed by atoms with E-state index in [2.05, 4.69) is 41.0 Å². The first kappa shape index (κ1) is 25.4. The summed E-state index contributed by atoms with van der Waals surface area (Å²) in [6.45, 7) is 14.8. The molecule has 1 aromatic rings. The van der Waals surface area contributed by atoms with Gasteiger partial charge in [-0.2, -0.15) is 5.10 Å². The standard InChI is InChI=1S/C22H40N6O.HI/c1-5-23-22(24-8-6-7-9-27-14-18(2)12-19(3)15-27)28-10-11-29-21(17-28)20-13-25-26(4)16-20;/h13,16,18-19,21H,5-12,14-15,17H2,1-4H3,(H,23,24);1H. The number of likely N-dealkylation sites (tertiary alicyclic amines) is 1. The van der Waals surface area contributed by atoms with E-state index in [1.165, 1.54) is 32.5 Å². The number of rotatable bonds is 7. The van der Waals surface area contributed by atoms with E-state index in [9.17, 15) is 0 Å². The van der Waals surface area contributed by atoms with Gasteiger partial charge in [0.05, 0.1) is 19.3 Å². The van der Waals surface area contributed by atoms with E-state index >= 15 is 0 Å². The highest BCUT2D eigenvalue weighted by atomic mass is 127. The van der Waals surface area contributed by atoms with Crippen LogP contribution in [0.15, 0.2) is 17.4 Å². The Morgan fingerprint density at radius 3 is 2.67 bits per heavy atom. The minimum absolute atomic E-state index is 0. The summed E-state index contributed by atoms with van der Waals surface area (Å²) in [7, 11) is 1.95. The fourth-order valence-electron chi connectivity index (χ4n) is 4.68. The predicted molar refractivity (Wildman–Crippen MR) is 133 cm³/mol. The number of halogens is 1. The molecule has 3 atom stereocenters. The number of hydrogen-bond acceptors (Lipinski definition) is 4. The molecular formula is C22H41IN6O. The van der Waals surface area contributed by atoms with Crippen LogP contribution in [0.25, 0.3) is 0 Å². The van der Waals surface area contributed by atoms with E-state index in [1.54, 1.807) is 0 Å². The maximum atomic E-state index is 5.98. The highest BCUT2D eigenvalue weighted by Crippen LogP contribution is 2.22. The van der Waals surface area contributed by atoms with Crippen LogP contribution in [0.4, 0.5) is 0 Å². The van der Waals surface area contributed by atoms with Crippen LogP contribution in [-0.4, -0.2) is 78.0 Å². The lowest BCUT2D eigenvalue weighted by Gasteiger charge is -2.35. The van der Waals surface area contributed by atoms with E-state index in [1.807, 2.05) is 24.1 Å². The normalized spacial score (nSPS) is 25.8. The van der Waals surface area contributed by atoms with E-state index in [-0.39, 0.29) is 30.1 Å². The van der Waals surface area contributed by atoms with Crippen molar-refractivity contribution in [3.8, 4) is 0 Å².